The maximum Gasteiger partial charge on any atom is 0.353 e. The van der Waals surface area contributed by atoms with E-state index in [-0.39, 0.29) is 17.5 Å². The van der Waals surface area contributed by atoms with Gasteiger partial charge in [0, 0.05) is 10.9 Å². The van der Waals surface area contributed by atoms with Crippen LogP contribution in [0, 0.1) is 0 Å². The van der Waals surface area contributed by atoms with Gasteiger partial charge in [0.25, 0.3) is 0 Å². The molecule has 0 radical (unpaired) electrons. The predicted molar refractivity (Wildman–Crippen MR) is 58.5 cm³/mol. The molecule has 0 spiro atoms. The number of fused-ring (bicyclic) bond motifs is 1. The average molecular weight is 239 g/mol. The number of hydrogen-bond acceptors (Lipinski definition) is 3. The lowest BCUT2D eigenvalue weighted by Gasteiger charge is -2.03. The van der Waals surface area contributed by atoms with Crippen LogP contribution < -0.4 is 5.43 Å². The van der Waals surface area contributed by atoms with E-state index in [0.29, 0.717) is 5.52 Å². The number of carboxylic acid groups (broad SMARTS) is 1. The van der Waals surface area contributed by atoms with Crippen molar-refractivity contribution in [3.05, 3.63) is 40.2 Å². The molecule has 0 atom stereocenters. The Morgan fingerprint density at radius 3 is 2.69 bits per heavy atom. The maximum absolute atomic E-state index is 12.6. The third-order valence-corrected chi connectivity index (χ3v) is 2.70. The molecular formula is C10H6FNO3S. The van der Waals surface area contributed by atoms with Gasteiger partial charge in [-0.15, -0.1) is 0 Å². The van der Waals surface area contributed by atoms with Crippen LogP contribution >= 0.6 is 12.1 Å². The summed E-state index contributed by atoms with van der Waals surface area (Å²) in [6.45, 7) is 0. The van der Waals surface area contributed by atoms with Crippen LogP contribution in [-0.2, 0) is 0 Å². The Labute approximate surface area is 93.4 Å². The van der Waals surface area contributed by atoms with Crippen molar-refractivity contribution in [1.29, 1.82) is 0 Å². The van der Waals surface area contributed by atoms with E-state index in [1.807, 2.05) is 0 Å². The van der Waals surface area contributed by atoms with Gasteiger partial charge in [0.05, 0.1) is 12.1 Å². The third-order valence-electron chi connectivity index (χ3n) is 2.16. The Morgan fingerprint density at radius 1 is 1.38 bits per heavy atom. The van der Waals surface area contributed by atoms with Crippen LogP contribution in [0.2, 0.25) is 0 Å². The molecule has 1 aromatic heterocycles. The monoisotopic (exact) mass is 239 g/mol. The zero-order valence-electron chi connectivity index (χ0n) is 7.86. The average Bonchev–Trinajstić information content (AvgIpc) is 2.29. The molecule has 1 heterocycles. The van der Waals surface area contributed by atoms with E-state index in [9.17, 15) is 13.5 Å². The molecule has 0 unspecified atom stereocenters. The summed E-state index contributed by atoms with van der Waals surface area (Å²) in [5.41, 5.74) is -0.654. The minimum atomic E-state index is -1.36. The van der Waals surface area contributed by atoms with E-state index in [2.05, 4.69) is 4.98 Å². The number of aromatic amines is 1. The van der Waals surface area contributed by atoms with Crippen LogP contribution in [0.1, 0.15) is 10.5 Å². The number of aromatic carboxylic acids is 1. The van der Waals surface area contributed by atoms with E-state index in [1.54, 1.807) is 18.2 Å². The molecule has 0 saturated heterocycles. The van der Waals surface area contributed by atoms with E-state index in [1.165, 1.54) is 6.07 Å². The summed E-state index contributed by atoms with van der Waals surface area (Å²) in [4.78, 5) is 24.7. The molecule has 2 N–H and O–H groups in total. The molecule has 4 nitrogen and oxygen atoms in total. The number of halogens is 1. The standard InChI is InChI=1S/C10H6FNO3S/c11-16-9-7(10(14)15)12-6-4-2-1-3-5(6)8(9)13/h1-4H,(H,12,13)(H,14,15). The third kappa shape index (κ3) is 1.57. The number of aromatic nitrogens is 1. The fourth-order valence-electron chi connectivity index (χ4n) is 1.44. The Kier molecular flexibility index (Phi) is 2.66. The number of nitrogens with one attached hydrogen (secondary N) is 1. The number of carboxylic acids is 1. The highest BCUT2D eigenvalue weighted by atomic mass is 32.2. The van der Waals surface area contributed by atoms with Crippen molar-refractivity contribution in [2.75, 3.05) is 0 Å². The Hall–Kier alpha value is -1.82. The van der Waals surface area contributed by atoms with Crippen molar-refractivity contribution in [3.63, 3.8) is 0 Å². The largest absolute Gasteiger partial charge is 0.477 e. The molecule has 1 aromatic carbocycles. The van der Waals surface area contributed by atoms with Gasteiger partial charge in [0.15, 0.2) is 0 Å². The number of H-pyrrole nitrogens is 1. The minimum Gasteiger partial charge on any atom is -0.477 e. The highest BCUT2D eigenvalue weighted by Gasteiger charge is 2.17. The molecule has 0 fully saturated rings. The molecule has 2 aromatic rings. The number of benzene rings is 1. The molecule has 2 rings (SSSR count). The van der Waals surface area contributed by atoms with Gasteiger partial charge in [-0.3, -0.25) is 4.79 Å². The molecule has 0 saturated carbocycles. The van der Waals surface area contributed by atoms with Gasteiger partial charge in [0.2, 0.25) is 5.43 Å². The molecule has 0 aliphatic rings. The molecule has 6 heteroatoms. The quantitative estimate of drug-likeness (QED) is 0.842. The fraction of sp³-hybridized carbons (Fsp3) is 0. The van der Waals surface area contributed by atoms with Gasteiger partial charge in [-0.2, -0.15) is 3.89 Å². The number of hydrogen-bond donors (Lipinski definition) is 2. The molecule has 0 bridgehead atoms. The summed E-state index contributed by atoms with van der Waals surface area (Å²) in [6, 6.07) is 6.37. The van der Waals surface area contributed by atoms with Crippen molar-refractivity contribution in [2.45, 2.75) is 4.90 Å². The van der Waals surface area contributed by atoms with Crippen LogP contribution in [0.15, 0.2) is 34.0 Å². The first kappa shape index (κ1) is 10.7. The molecule has 82 valence electrons. The molecule has 0 aliphatic carbocycles. The highest BCUT2D eigenvalue weighted by Crippen LogP contribution is 2.21. The van der Waals surface area contributed by atoms with Gasteiger partial charge in [-0.05, 0) is 12.1 Å². The Balaban J connectivity index is 2.93. The van der Waals surface area contributed by atoms with Crippen LogP contribution in [-0.4, -0.2) is 16.1 Å². The molecule has 0 aliphatic heterocycles. The maximum atomic E-state index is 12.6. The normalized spacial score (nSPS) is 10.6. The van der Waals surface area contributed by atoms with E-state index in [4.69, 9.17) is 5.11 Å². The Morgan fingerprint density at radius 2 is 2.06 bits per heavy atom. The van der Waals surface area contributed by atoms with Crippen molar-refractivity contribution in [3.8, 4) is 0 Å². The summed E-state index contributed by atoms with van der Waals surface area (Å²) in [5.74, 6) is -1.36. The summed E-state index contributed by atoms with van der Waals surface area (Å²) in [5, 5.41) is 9.10. The van der Waals surface area contributed by atoms with Crippen LogP contribution in [0.5, 0.6) is 0 Å². The predicted octanol–water partition coefficient (Wildman–Crippen LogP) is 2.20. The summed E-state index contributed by atoms with van der Waals surface area (Å²) in [7, 11) is 0. The van der Waals surface area contributed by atoms with E-state index >= 15 is 0 Å². The van der Waals surface area contributed by atoms with Gasteiger partial charge in [-0.1, -0.05) is 12.1 Å². The first-order valence-corrected chi connectivity index (χ1v) is 5.03. The second-order valence-corrected chi connectivity index (χ2v) is 3.65. The van der Waals surface area contributed by atoms with Crippen molar-refractivity contribution < 1.29 is 13.8 Å². The fourth-order valence-corrected chi connectivity index (χ4v) is 1.84. The lowest BCUT2D eigenvalue weighted by atomic mass is 10.2. The zero-order chi connectivity index (χ0) is 11.7. The number of carbonyl (C=O) groups is 1. The zero-order valence-corrected chi connectivity index (χ0v) is 8.68. The molecule has 16 heavy (non-hydrogen) atoms. The second kappa shape index (κ2) is 3.97. The van der Waals surface area contributed by atoms with Crippen molar-refractivity contribution >= 4 is 29.0 Å². The van der Waals surface area contributed by atoms with Crippen molar-refractivity contribution in [2.24, 2.45) is 0 Å². The van der Waals surface area contributed by atoms with E-state index in [0.717, 1.165) is 0 Å². The van der Waals surface area contributed by atoms with E-state index < -0.39 is 22.0 Å². The lowest BCUT2D eigenvalue weighted by molar-refractivity contribution is 0.0686. The second-order valence-electron chi connectivity index (χ2n) is 3.09. The first-order valence-electron chi connectivity index (χ1n) is 4.32. The SMILES string of the molecule is O=C(O)c1[nH]c2ccccc2c(=O)c1SF. The minimum absolute atomic E-state index is 0.271. The van der Waals surface area contributed by atoms with Crippen LogP contribution in [0.3, 0.4) is 0 Å². The lowest BCUT2D eigenvalue weighted by Crippen LogP contribution is -2.13. The van der Waals surface area contributed by atoms with Gasteiger partial charge in [-0.25, -0.2) is 4.79 Å². The molecule has 0 amide bonds. The summed E-state index contributed by atoms with van der Waals surface area (Å²) in [6.07, 6.45) is 0. The molecular weight excluding hydrogens is 233 g/mol. The topological polar surface area (TPSA) is 70.2 Å². The first-order chi connectivity index (χ1) is 7.65. The summed E-state index contributed by atoms with van der Waals surface area (Å²) >= 11 is -0.359. The number of rotatable bonds is 2. The van der Waals surface area contributed by atoms with Gasteiger partial charge < -0.3 is 10.1 Å². The van der Waals surface area contributed by atoms with Crippen molar-refractivity contribution in [1.82, 2.24) is 4.98 Å². The van der Waals surface area contributed by atoms with Crippen LogP contribution in [0.4, 0.5) is 3.89 Å². The van der Waals surface area contributed by atoms with Gasteiger partial charge in [0.1, 0.15) is 10.6 Å². The van der Waals surface area contributed by atoms with Crippen LogP contribution in [0.25, 0.3) is 10.9 Å². The smallest absolute Gasteiger partial charge is 0.353 e. The summed E-state index contributed by atoms with van der Waals surface area (Å²) < 4.78 is 12.6. The highest BCUT2D eigenvalue weighted by molar-refractivity contribution is 7.94. The Bertz CT molecular complexity index is 623. The number of pyridine rings is 1. The van der Waals surface area contributed by atoms with Gasteiger partial charge >= 0.3 is 5.97 Å². The number of para-hydroxylation sites is 1.